The van der Waals surface area contributed by atoms with Crippen LogP contribution >= 0.6 is 0 Å². The number of carbonyl (C=O) groups is 2. The normalized spacial score (nSPS) is 21.0. The monoisotopic (exact) mass is 242 g/mol. The molecule has 1 atom stereocenters. The first-order chi connectivity index (χ1) is 7.89. The Morgan fingerprint density at radius 1 is 1.41 bits per heavy atom. The van der Waals surface area contributed by atoms with Gasteiger partial charge < -0.3 is 15.7 Å². The minimum atomic E-state index is -0.764. The van der Waals surface area contributed by atoms with Crippen LogP contribution in [0.15, 0.2) is 0 Å². The third-order valence-corrected chi connectivity index (χ3v) is 3.66. The van der Waals surface area contributed by atoms with Gasteiger partial charge in [0.1, 0.15) is 0 Å². The number of likely N-dealkylation sites (tertiary alicyclic amines) is 1. The van der Waals surface area contributed by atoms with Crippen LogP contribution in [0.1, 0.15) is 33.1 Å². The highest BCUT2D eigenvalue weighted by Crippen LogP contribution is 2.31. The summed E-state index contributed by atoms with van der Waals surface area (Å²) in [6, 6.07) is 0. The molecule has 1 rings (SSSR count). The van der Waals surface area contributed by atoms with Crippen LogP contribution in [0.5, 0.6) is 0 Å². The van der Waals surface area contributed by atoms with Gasteiger partial charge in [-0.25, -0.2) is 0 Å². The molecule has 3 N–H and O–H groups in total. The van der Waals surface area contributed by atoms with Gasteiger partial charge in [0.25, 0.3) is 0 Å². The number of amides is 1. The maximum atomic E-state index is 11.9. The predicted molar refractivity (Wildman–Crippen MR) is 64.4 cm³/mol. The number of carbonyl (C=O) groups excluding carboxylic acids is 1. The minimum absolute atomic E-state index is 0.0930. The highest BCUT2D eigenvalue weighted by molar-refractivity contribution is 5.78. The molecule has 1 saturated heterocycles. The van der Waals surface area contributed by atoms with E-state index in [9.17, 15) is 9.59 Å². The number of nitrogens with two attached hydrogens (primary N) is 1. The van der Waals surface area contributed by atoms with E-state index in [0.29, 0.717) is 38.9 Å². The van der Waals surface area contributed by atoms with Crippen LogP contribution in [-0.2, 0) is 9.59 Å². The average Bonchev–Trinajstić information content (AvgIpc) is 2.29. The molecule has 1 fully saturated rings. The van der Waals surface area contributed by atoms with Crippen LogP contribution < -0.4 is 5.73 Å². The van der Waals surface area contributed by atoms with E-state index in [1.54, 1.807) is 11.8 Å². The molecule has 5 heteroatoms. The Kier molecular flexibility index (Phi) is 4.51. The number of hydrogen-bond donors (Lipinski definition) is 2. The van der Waals surface area contributed by atoms with Crippen LogP contribution in [0, 0.1) is 11.3 Å². The molecule has 17 heavy (non-hydrogen) atoms. The Bertz CT molecular complexity index is 296. The van der Waals surface area contributed by atoms with E-state index in [1.807, 2.05) is 6.92 Å². The number of nitrogens with zero attached hydrogens (tertiary/aromatic N) is 1. The summed E-state index contributed by atoms with van der Waals surface area (Å²) in [6.45, 7) is 5.28. The fourth-order valence-corrected chi connectivity index (χ4v) is 1.97. The first-order valence-electron chi connectivity index (χ1n) is 6.10. The van der Waals surface area contributed by atoms with Gasteiger partial charge in [-0.3, -0.25) is 9.59 Å². The van der Waals surface area contributed by atoms with Crippen LogP contribution in [0.2, 0.25) is 0 Å². The molecule has 0 aromatic heterocycles. The van der Waals surface area contributed by atoms with Crippen molar-refractivity contribution < 1.29 is 14.7 Å². The zero-order valence-corrected chi connectivity index (χ0v) is 10.6. The van der Waals surface area contributed by atoms with Crippen molar-refractivity contribution in [2.75, 3.05) is 19.6 Å². The second-order valence-electron chi connectivity index (χ2n) is 5.29. The summed E-state index contributed by atoms with van der Waals surface area (Å²) < 4.78 is 0. The van der Waals surface area contributed by atoms with E-state index in [-0.39, 0.29) is 11.8 Å². The molecule has 1 unspecified atom stereocenters. The molecule has 0 spiro atoms. The van der Waals surface area contributed by atoms with Gasteiger partial charge >= 0.3 is 5.97 Å². The molecule has 1 heterocycles. The summed E-state index contributed by atoms with van der Waals surface area (Å²) in [5, 5.41) is 9.09. The molecule has 0 bridgehead atoms. The molecule has 5 nitrogen and oxygen atoms in total. The SMILES string of the molecule is CC(CN)CC(=O)N1CCC(C)(C(=O)O)CC1. The van der Waals surface area contributed by atoms with Crippen molar-refractivity contribution in [2.24, 2.45) is 17.1 Å². The second-order valence-corrected chi connectivity index (χ2v) is 5.29. The smallest absolute Gasteiger partial charge is 0.309 e. The van der Waals surface area contributed by atoms with Crippen molar-refractivity contribution in [1.82, 2.24) is 4.90 Å². The average molecular weight is 242 g/mol. The maximum Gasteiger partial charge on any atom is 0.309 e. The minimum Gasteiger partial charge on any atom is -0.481 e. The zero-order valence-electron chi connectivity index (χ0n) is 10.6. The van der Waals surface area contributed by atoms with E-state index in [0.717, 1.165) is 0 Å². The molecule has 1 aliphatic heterocycles. The molecular weight excluding hydrogens is 220 g/mol. The van der Waals surface area contributed by atoms with E-state index in [2.05, 4.69) is 0 Å². The second kappa shape index (κ2) is 5.49. The van der Waals surface area contributed by atoms with Crippen LogP contribution in [0.4, 0.5) is 0 Å². The van der Waals surface area contributed by atoms with Gasteiger partial charge in [-0.2, -0.15) is 0 Å². The summed E-state index contributed by atoms with van der Waals surface area (Å²) in [5.74, 6) is -0.481. The van der Waals surface area contributed by atoms with Crippen LogP contribution in [0.3, 0.4) is 0 Å². The molecule has 0 aromatic rings. The van der Waals surface area contributed by atoms with Crippen molar-refractivity contribution in [3.63, 3.8) is 0 Å². The molecular formula is C12H22N2O3. The van der Waals surface area contributed by atoms with Gasteiger partial charge in [-0.05, 0) is 32.2 Å². The molecule has 1 aliphatic rings. The lowest BCUT2D eigenvalue weighted by molar-refractivity contribution is -0.153. The molecule has 0 radical (unpaired) electrons. The van der Waals surface area contributed by atoms with Crippen LogP contribution in [0.25, 0.3) is 0 Å². The van der Waals surface area contributed by atoms with E-state index < -0.39 is 11.4 Å². The Morgan fingerprint density at radius 3 is 2.35 bits per heavy atom. The quantitative estimate of drug-likeness (QED) is 0.759. The van der Waals surface area contributed by atoms with Crippen molar-refractivity contribution in [3.05, 3.63) is 0 Å². The Morgan fingerprint density at radius 2 is 1.94 bits per heavy atom. The van der Waals surface area contributed by atoms with Gasteiger partial charge in [0.2, 0.25) is 5.91 Å². The van der Waals surface area contributed by atoms with Crippen molar-refractivity contribution in [3.8, 4) is 0 Å². The number of carboxylic acids is 1. The third kappa shape index (κ3) is 3.43. The van der Waals surface area contributed by atoms with Gasteiger partial charge in [-0.15, -0.1) is 0 Å². The lowest BCUT2D eigenvalue weighted by Crippen LogP contribution is -2.45. The molecule has 0 aromatic carbocycles. The van der Waals surface area contributed by atoms with E-state index in [4.69, 9.17) is 10.8 Å². The summed E-state index contributed by atoms with van der Waals surface area (Å²) in [7, 11) is 0. The third-order valence-electron chi connectivity index (χ3n) is 3.66. The standard InChI is InChI=1S/C12H22N2O3/c1-9(8-13)7-10(15)14-5-3-12(2,4-6-14)11(16)17/h9H,3-8,13H2,1-2H3,(H,16,17). The first kappa shape index (κ1) is 14.0. The summed E-state index contributed by atoms with van der Waals surface area (Å²) in [4.78, 5) is 24.7. The topological polar surface area (TPSA) is 83.6 Å². The van der Waals surface area contributed by atoms with Crippen molar-refractivity contribution >= 4 is 11.9 Å². The highest BCUT2D eigenvalue weighted by Gasteiger charge is 2.37. The lowest BCUT2D eigenvalue weighted by atomic mass is 9.80. The molecule has 0 saturated carbocycles. The molecule has 1 amide bonds. The van der Waals surface area contributed by atoms with E-state index in [1.165, 1.54) is 0 Å². The fourth-order valence-electron chi connectivity index (χ4n) is 1.97. The fraction of sp³-hybridized carbons (Fsp3) is 0.833. The molecule has 0 aliphatic carbocycles. The number of piperidine rings is 1. The number of carboxylic acid groups (broad SMARTS) is 1. The van der Waals surface area contributed by atoms with E-state index >= 15 is 0 Å². The number of rotatable bonds is 4. The lowest BCUT2D eigenvalue weighted by Gasteiger charge is -2.36. The Hall–Kier alpha value is -1.10. The van der Waals surface area contributed by atoms with Gasteiger partial charge in [0.05, 0.1) is 5.41 Å². The number of hydrogen-bond acceptors (Lipinski definition) is 3. The summed E-state index contributed by atoms with van der Waals surface area (Å²) in [6.07, 6.45) is 1.52. The predicted octanol–water partition coefficient (Wildman–Crippen LogP) is 0.685. The Balaban J connectivity index is 2.47. The highest BCUT2D eigenvalue weighted by atomic mass is 16.4. The summed E-state index contributed by atoms with van der Waals surface area (Å²) in [5.41, 5.74) is 4.81. The molecule has 98 valence electrons. The zero-order chi connectivity index (χ0) is 13.1. The maximum absolute atomic E-state index is 11.9. The number of aliphatic carboxylic acids is 1. The summed E-state index contributed by atoms with van der Waals surface area (Å²) >= 11 is 0. The largest absolute Gasteiger partial charge is 0.481 e. The van der Waals surface area contributed by atoms with Gasteiger partial charge in [0, 0.05) is 19.5 Å². The Labute approximate surface area is 102 Å². The van der Waals surface area contributed by atoms with Gasteiger partial charge in [-0.1, -0.05) is 6.92 Å². The van der Waals surface area contributed by atoms with Crippen LogP contribution in [-0.4, -0.2) is 41.5 Å². The van der Waals surface area contributed by atoms with Gasteiger partial charge in [0.15, 0.2) is 0 Å². The first-order valence-corrected chi connectivity index (χ1v) is 6.10. The van der Waals surface area contributed by atoms with Crippen molar-refractivity contribution in [2.45, 2.75) is 33.1 Å². The van der Waals surface area contributed by atoms with Crippen molar-refractivity contribution in [1.29, 1.82) is 0 Å².